The Bertz CT molecular complexity index is 680. The Morgan fingerprint density at radius 2 is 2.10 bits per heavy atom. The van der Waals surface area contributed by atoms with Crippen LogP contribution in [0.4, 0.5) is 5.82 Å². The normalized spacial score (nSPS) is 26.1. The van der Waals surface area contributed by atoms with Gasteiger partial charge in [0.2, 0.25) is 0 Å². The van der Waals surface area contributed by atoms with Crippen molar-refractivity contribution in [3.05, 3.63) is 59.8 Å². The summed E-state index contributed by atoms with van der Waals surface area (Å²) in [7, 11) is 0. The lowest BCUT2D eigenvalue weighted by atomic mass is 10.0. The molecule has 1 fully saturated rings. The molecule has 0 amide bonds. The van der Waals surface area contributed by atoms with Crippen molar-refractivity contribution in [3.8, 4) is 0 Å². The van der Waals surface area contributed by atoms with E-state index in [-0.39, 0.29) is 0 Å². The standard InChI is InChI=1S/C17H18N4/c18-17(21-15-7-3-4-8-19-15)20-10-14-13-9-11-5-1-2-6-12(11)16(13)14/h1-8,13-14,16H,9-10H2,(H3,18,19,20,21). The van der Waals surface area contributed by atoms with Crippen molar-refractivity contribution in [1.82, 2.24) is 4.98 Å². The smallest absolute Gasteiger partial charge is 0.194 e. The number of guanidine groups is 1. The molecule has 0 aliphatic heterocycles. The van der Waals surface area contributed by atoms with Crippen molar-refractivity contribution in [3.63, 3.8) is 0 Å². The van der Waals surface area contributed by atoms with Gasteiger partial charge in [-0.2, -0.15) is 0 Å². The molecule has 0 saturated heterocycles. The van der Waals surface area contributed by atoms with Gasteiger partial charge in [-0.05, 0) is 47.4 Å². The second-order valence-corrected chi connectivity index (χ2v) is 5.82. The first kappa shape index (κ1) is 12.4. The fourth-order valence-corrected chi connectivity index (χ4v) is 3.54. The topological polar surface area (TPSA) is 63.3 Å². The monoisotopic (exact) mass is 278 g/mol. The first-order valence-electron chi connectivity index (χ1n) is 7.39. The van der Waals surface area contributed by atoms with E-state index in [4.69, 9.17) is 5.73 Å². The fraction of sp³-hybridized carbons (Fsp3) is 0.294. The molecule has 106 valence electrons. The maximum atomic E-state index is 5.93. The number of pyridine rings is 1. The van der Waals surface area contributed by atoms with Gasteiger partial charge in [0.15, 0.2) is 5.96 Å². The Morgan fingerprint density at radius 1 is 1.24 bits per heavy atom. The number of hydrogen-bond donors (Lipinski definition) is 2. The van der Waals surface area contributed by atoms with Gasteiger partial charge in [-0.15, -0.1) is 0 Å². The molecule has 21 heavy (non-hydrogen) atoms. The third-order valence-corrected chi connectivity index (χ3v) is 4.59. The van der Waals surface area contributed by atoms with E-state index in [2.05, 4.69) is 39.6 Å². The Kier molecular flexibility index (Phi) is 2.88. The van der Waals surface area contributed by atoms with Crippen LogP contribution in [0.15, 0.2) is 53.7 Å². The number of nitrogens with one attached hydrogen (secondary N) is 1. The highest BCUT2D eigenvalue weighted by Gasteiger charge is 2.54. The minimum Gasteiger partial charge on any atom is -0.370 e. The van der Waals surface area contributed by atoms with Crippen LogP contribution in [0.25, 0.3) is 0 Å². The quantitative estimate of drug-likeness (QED) is 0.669. The molecule has 4 heteroatoms. The van der Waals surface area contributed by atoms with Crippen LogP contribution >= 0.6 is 0 Å². The van der Waals surface area contributed by atoms with Crippen LogP contribution in [-0.4, -0.2) is 17.5 Å². The number of nitrogens with zero attached hydrogens (tertiary/aromatic N) is 2. The number of rotatable bonds is 3. The molecule has 2 aromatic rings. The number of hydrogen-bond acceptors (Lipinski definition) is 2. The lowest BCUT2D eigenvalue weighted by molar-refractivity contribution is 0.701. The van der Waals surface area contributed by atoms with Crippen LogP contribution in [0, 0.1) is 11.8 Å². The molecular formula is C17H18N4. The summed E-state index contributed by atoms with van der Waals surface area (Å²) in [6.07, 6.45) is 2.94. The predicted octanol–water partition coefficient (Wildman–Crippen LogP) is 2.39. The first-order valence-corrected chi connectivity index (χ1v) is 7.39. The molecule has 3 atom stereocenters. The molecule has 3 unspecified atom stereocenters. The number of aliphatic imine (C=N–C) groups is 1. The van der Waals surface area contributed by atoms with Gasteiger partial charge in [-0.3, -0.25) is 4.99 Å². The summed E-state index contributed by atoms with van der Waals surface area (Å²) in [5.74, 6) is 3.32. The van der Waals surface area contributed by atoms with Gasteiger partial charge < -0.3 is 11.1 Å². The van der Waals surface area contributed by atoms with Crippen molar-refractivity contribution in [2.24, 2.45) is 22.6 Å². The molecule has 0 spiro atoms. The molecule has 0 radical (unpaired) electrons. The molecule has 4 nitrogen and oxygen atoms in total. The van der Waals surface area contributed by atoms with Crippen molar-refractivity contribution >= 4 is 11.8 Å². The highest BCUT2D eigenvalue weighted by atomic mass is 15.1. The molecule has 3 N–H and O–H groups in total. The van der Waals surface area contributed by atoms with Crippen LogP contribution in [0.2, 0.25) is 0 Å². The second-order valence-electron chi connectivity index (χ2n) is 5.82. The summed E-state index contributed by atoms with van der Waals surface area (Å²) in [5, 5.41) is 3.03. The molecule has 2 aliphatic rings. The molecule has 0 bridgehead atoms. The van der Waals surface area contributed by atoms with Gasteiger partial charge in [-0.25, -0.2) is 4.98 Å². The SMILES string of the molecule is NC(=NCC1C2Cc3ccccc3C12)Nc1ccccn1. The summed E-state index contributed by atoms with van der Waals surface area (Å²) in [6.45, 7) is 0.801. The van der Waals surface area contributed by atoms with E-state index in [1.54, 1.807) is 6.20 Å². The molecule has 2 aliphatic carbocycles. The van der Waals surface area contributed by atoms with Crippen LogP contribution < -0.4 is 11.1 Å². The highest BCUT2D eigenvalue weighted by Crippen LogP contribution is 2.61. The lowest BCUT2D eigenvalue weighted by Crippen LogP contribution is -2.23. The second kappa shape index (κ2) is 4.88. The van der Waals surface area contributed by atoms with Crippen LogP contribution in [0.1, 0.15) is 17.0 Å². The number of fused-ring (bicyclic) bond motifs is 3. The van der Waals surface area contributed by atoms with Gasteiger partial charge in [0.25, 0.3) is 0 Å². The summed E-state index contributed by atoms with van der Waals surface area (Å²) in [4.78, 5) is 8.66. The summed E-state index contributed by atoms with van der Waals surface area (Å²) >= 11 is 0. The molecule has 1 heterocycles. The van der Waals surface area contributed by atoms with Gasteiger partial charge in [0.05, 0.1) is 0 Å². The fourth-order valence-electron chi connectivity index (χ4n) is 3.54. The molecule has 1 saturated carbocycles. The Labute approximate surface area is 124 Å². The van der Waals surface area contributed by atoms with Gasteiger partial charge in [0, 0.05) is 12.7 Å². The Hall–Kier alpha value is -2.36. The number of aromatic nitrogens is 1. The summed E-state index contributed by atoms with van der Waals surface area (Å²) in [5.41, 5.74) is 8.97. The lowest BCUT2D eigenvalue weighted by Gasteiger charge is -2.07. The third-order valence-electron chi connectivity index (χ3n) is 4.59. The van der Waals surface area contributed by atoms with Crippen LogP contribution in [0.5, 0.6) is 0 Å². The predicted molar refractivity (Wildman–Crippen MR) is 84.2 cm³/mol. The largest absolute Gasteiger partial charge is 0.370 e. The van der Waals surface area contributed by atoms with E-state index in [9.17, 15) is 0 Å². The number of nitrogens with two attached hydrogens (primary N) is 1. The summed E-state index contributed by atoms with van der Waals surface area (Å²) < 4.78 is 0. The zero-order valence-electron chi connectivity index (χ0n) is 11.7. The van der Waals surface area contributed by atoms with Gasteiger partial charge >= 0.3 is 0 Å². The number of benzene rings is 1. The molecule has 1 aromatic carbocycles. The molecule has 4 rings (SSSR count). The Balaban J connectivity index is 1.38. The van der Waals surface area contributed by atoms with Crippen LogP contribution in [-0.2, 0) is 6.42 Å². The molecule has 1 aromatic heterocycles. The first-order chi connectivity index (χ1) is 10.3. The van der Waals surface area contributed by atoms with Gasteiger partial charge in [-0.1, -0.05) is 30.3 Å². The van der Waals surface area contributed by atoms with Gasteiger partial charge in [0.1, 0.15) is 5.82 Å². The summed E-state index contributed by atoms with van der Waals surface area (Å²) in [6, 6.07) is 14.5. The zero-order chi connectivity index (χ0) is 14.2. The Morgan fingerprint density at radius 3 is 2.95 bits per heavy atom. The van der Waals surface area contributed by atoms with E-state index in [1.165, 1.54) is 17.5 Å². The minimum atomic E-state index is 0.451. The average molecular weight is 278 g/mol. The van der Waals surface area contributed by atoms with Crippen LogP contribution in [0.3, 0.4) is 0 Å². The van der Waals surface area contributed by atoms with Crippen molar-refractivity contribution < 1.29 is 0 Å². The number of anilines is 1. The van der Waals surface area contributed by atoms with E-state index in [0.717, 1.165) is 18.3 Å². The average Bonchev–Trinajstić information content (AvgIpc) is 3.05. The molecular weight excluding hydrogens is 260 g/mol. The van der Waals surface area contributed by atoms with E-state index in [1.807, 2.05) is 18.2 Å². The highest BCUT2D eigenvalue weighted by molar-refractivity contribution is 5.91. The van der Waals surface area contributed by atoms with E-state index < -0.39 is 0 Å². The third kappa shape index (κ3) is 2.27. The van der Waals surface area contributed by atoms with E-state index in [0.29, 0.717) is 17.8 Å². The van der Waals surface area contributed by atoms with Crippen molar-refractivity contribution in [2.75, 3.05) is 11.9 Å². The maximum absolute atomic E-state index is 5.93. The minimum absolute atomic E-state index is 0.451. The van der Waals surface area contributed by atoms with E-state index >= 15 is 0 Å². The van der Waals surface area contributed by atoms with Crippen molar-refractivity contribution in [2.45, 2.75) is 12.3 Å². The van der Waals surface area contributed by atoms with Crippen molar-refractivity contribution in [1.29, 1.82) is 0 Å². The zero-order valence-corrected chi connectivity index (χ0v) is 11.7. The maximum Gasteiger partial charge on any atom is 0.194 e.